The van der Waals surface area contributed by atoms with Crippen molar-refractivity contribution in [2.75, 3.05) is 11.1 Å². The van der Waals surface area contributed by atoms with Crippen LogP contribution in [-0.4, -0.2) is 5.91 Å². The van der Waals surface area contributed by atoms with Gasteiger partial charge in [-0.1, -0.05) is 17.8 Å². The predicted molar refractivity (Wildman–Crippen MR) is 76.2 cm³/mol. The highest BCUT2D eigenvalue weighted by molar-refractivity contribution is 8.01. The van der Waals surface area contributed by atoms with E-state index in [1.54, 1.807) is 23.1 Å². The molecule has 3 rings (SSSR count). The van der Waals surface area contributed by atoms with Crippen LogP contribution in [0.5, 0.6) is 0 Å². The topological polar surface area (TPSA) is 55.1 Å². The zero-order valence-corrected chi connectivity index (χ0v) is 11.2. The fourth-order valence-corrected chi connectivity index (χ4v) is 3.74. The molecule has 0 unspecified atom stereocenters. The van der Waals surface area contributed by atoms with Gasteiger partial charge in [0.15, 0.2) is 0 Å². The van der Waals surface area contributed by atoms with Gasteiger partial charge < -0.3 is 11.1 Å². The first-order valence-corrected chi connectivity index (χ1v) is 7.35. The number of aryl methyl sites for hydroxylation is 1. The first-order chi connectivity index (χ1) is 8.72. The number of hydrogen-bond donors (Lipinski definition) is 2. The van der Waals surface area contributed by atoms with Crippen molar-refractivity contribution in [1.29, 1.82) is 0 Å². The van der Waals surface area contributed by atoms with E-state index in [1.807, 2.05) is 23.6 Å². The molecular formula is C13H12N2OS2. The molecule has 92 valence electrons. The zero-order chi connectivity index (χ0) is 12.5. The van der Waals surface area contributed by atoms with E-state index in [-0.39, 0.29) is 5.91 Å². The normalized spacial score (nSPS) is 14.1. The SMILES string of the molecule is Nc1cc2c(cc1Sc1cccs1)NC(=O)CC2. The number of nitrogens with one attached hydrogen (secondary N) is 1. The summed E-state index contributed by atoms with van der Waals surface area (Å²) in [6.45, 7) is 0. The molecule has 5 heteroatoms. The Morgan fingerprint density at radius 2 is 2.22 bits per heavy atom. The van der Waals surface area contributed by atoms with Crippen molar-refractivity contribution >= 4 is 40.4 Å². The van der Waals surface area contributed by atoms with Crippen molar-refractivity contribution in [3.63, 3.8) is 0 Å². The van der Waals surface area contributed by atoms with Crippen LogP contribution in [0.2, 0.25) is 0 Å². The molecule has 0 radical (unpaired) electrons. The predicted octanol–water partition coefficient (Wildman–Crippen LogP) is 3.37. The molecule has 1 amide bonds. The Balaban J connectivity index is 1.95. The smallest absolute Gasteiger partial charge is 0.224 e. The summed E-state index contributed by atoms with van der Waals surface area (Å²) in [5, 5.41) is 4.94. The fraction of sp³-hybridized carbons (Fsp3) is 0.154. The van der Waals surface area contributed by atoms with E-state index < -0.39 is 0 Å². The van der Waals surface area contributed by atoms with E-state index in [4.69, 9.17) is 5.73 Å². The van der Waals surface area contributed by atoms with E-state index in [1.165, 1.54) is 4.21 Å². The molecule has 1 aromatic carbocycles. The number of amides is 1. The number of carbonyl (C=O) groups excluding carboxylic acids is 1. The lowest BCUT2D eigenvalue weighted by Gasteiger charge is -2.18. The van der Waals surface area contributed by atoms with Gasteiger partial charge >= 0.3 is 0 Å². The van der Waals surface area contributed by atoms with E-state index >= 15 is 0 Å². The van der Waals surface area contributed by atoms with Crippen LogP contribution in [0.1, 0.15) is 12.0 Å². The van der Waals surface area contributed by atoms with Gasteiger partial charge in [-0.25, -0.2) is 0 Å². The van der Waals surface area contributed by atoms with Gasteiger partial charge in [0, 0.05) is 22.7 Å². The number of nitrogen functional groups attached to an aromatic ring is 1. The van der Waals surface area contributed by atoms with Crippen LogP contribution in [0.15, 0.2) is 38.8 Å². The molecule has 2 heterocycles. The van der Waals surface area contributed by atoms with Gasteiger partial charge in [0.2, 0.25) is 5.91 Å². The van der Waals surface area contributed by atoms with Crippen molar-refractivity contribution in [3.05, 3.63) is 35.2 Å². The summed E-state index contributed by atoms with van der Waals surface area (Å²) in [4.78, 5) is 12.4. The van der Waals surface area contributed by atoms with Crippen molar-refractivity contribution in [2.45, 2.75) is 21.9 Å². The third kappa shape index (κ3) is 2.23. The summed E-state index contributed by atoms with van der Waals surface area (Å²) in [5.74, 6) is 0.0827. The number of thiophene rings is 1. The van der Waals surface area contributed by atoms with Crippen LogP contribution >= 0.6 is 23.1 Å². The van der Waals surface area contributed by atoms with E-state index in [0.29, 0.717) is 6.42 Å². The Morgan fingerprint density at radius 1 is 1.33 bits per heavy atom. The second kappa shape index (κ2) is 4.66. The van der Waals surface area contributed by atoms with Crippen LogP contribution < -0.4 is 11.1 Å². The average Bonchev–Trinajstić information content (AvgIpc) is 2.83. The van der Waals surface area contributed by atoms with Gasteiger partial charge in [0.1, 0.15) is 0 Å². The van der Waals surface area contributed by atoms with Gasteiger partial charge in [-0.05, 0) is 35.6 Å². The molecule has 1 aliphatic heterocycles. The van der Waals surface area contributed by atoms with Crippen LogP contribution in [-0.2, 0) is 11.2 Å². The number of anilines is 2. The molecule has 2 aromatic rings. The third-order valence-corrected chi connectivity index (χ3v) is 4.95. The Bertz CT molecular complexity index is 593. The summed E-state index contributed by atoms with van der Waals surface area (Å²) < 4.78 is 1.20. The quantitative estimate of drug-likeness (QED) is 0.827. The summed E-state index contributed by atoms with van der Waals surface area (Å²) in [6, 6.07) is 8.03. The van der Waals surface area contributed by atoms with Gasteiger partial charge in [0.25, 0.3) is 0 Å². The van der Waals surface area contributed by atoms with Crippen LogP contribution in [0, 0.1) is 0 Å². The number of nitrogens with two attached hydrogens (primary N) is 1. The maximum absolute atomic E-state index is 11.4. The van der Waals surface area contributed by atoms with E-state index in [2.05, 4.69) is 11.4 Å². The number of rotatable bonds is 2. The molecule has 18 heavy (non-hydrogen) atoms. The lowest BCUT2D eigenvalue weighted by atomic mass is 10.0. The number of benzene rings is 1. The molecule has 0 fully saturated rings. The standard InChI is InChI=1S/C13H12N2OS2/c14-9-6-8-3-4-12(16)15-10(8)7-11(9)18-13-2-1-5-17-13/h1-2,5-7H,3-4,14H2,(H,15,16). The first kappa shape index (κ1) is 11.6. The second-order valence-electron chi connectivity index (χ2n) is 4.13. The van der Waals surface area contributed by atoms with Crippen molar-refractivity contribution in [3.8, 4) is 0 Å². The Hall–Kier alpha value is -1.46. The lowest BCUT2D eigenvalue weighted by Crippen LogP contribution is -2.19. The fourth-order valence-electron chi connectivity index (χ4n) is 1.95. The minimum Gasteiger partial charge on any atom is -0.398 e. The highest BCUT2D eigenvalue weighted by atomic mass is 32.2. The average molecular weight is 276 g/mol. The molecule has 0 saturated heterocycles. The minimum atomic E-state index is 0.0827. The monoisotopic (exact) mass is 276 g/mol. The molecule has 0 atom stereocenters. The van der Waals surface area contributed by atoms with Crippen molar-refractivity contribution in [1.82, 2.24) is 0 Å². The van der Waals surface area contributed by atoms with Gasteiger partial charge in [-0.15, -0.1) is 11.3 Å². The molecule has 3 N–H and O–H groups in total. The molecule has 1 aliphatic rings. The molecule has 0 aliphatic carbocycles. The molecular weight excluding hydrogens is 264 g/mol. The maximum Gasteiger partial charge on any atom is 0.224 e. The van der Waals surface area contributed by atoms with Crippen LogP contribution in [0.25, 0.3) is 0 Å². The van der Waals surface area contributed by atoms with Gasteiger partial charge in [0.05, 0.1) is 4.21 Å². The van der Waals surface area contributed by atoms with Gasteiger partial charge in [-0.3, -0.25) is 4.79 Å². The molecule has 0 spiro atoms. The molecule has 0 saturated carbocycles. The first-order valence-electron chi connectivity index (χ1n) is 5.66. The third-order valence-electron chi connectivity index (χ3n) is 2.84. The zero-order valence-electron chi connectivity index (χ0n) is 9.60. The molecule has 1 aromatic heterocycles. The number of fused-ring (bicyclic) bond motifs is 1. The second-order valence-corrected chi connectivity index (χ2v) is 6.42. The summed E-state index contributed by atoms with van der Waals surface area (Å²) in [6.07, 6.45) is 1.32. The maximum atomic E-state index is 11.4. The highest BCUT2D eigenvalue weighted by Crippen LogP contribution is 2.38. The Morgan fingerprint density at radius 3 is 3.00 bits per heavy atom. The summed E-state index contributed by atoms with van der Waals surface area (Å²) >= 11 is 3.32. The van der Waals surface area contributed by atoms with E-state index in [9.17, 15) is 4.79 Å². The summed E-state index contributed by atoms with van der Waals surface area (Å²) in [5.41, 5.74) is 8.88. The largest absolute Gasteiger partial charge is 0.398 e. The van der Waals surface area contributed by atoms with Crippen LogP contribution in [0.3, 0.4) is 0 Å². The Labute approximate surface area is 113 Å². The number of hydrogen-bond acceptors (Lipinski definition) is 4. The molecule has 0 bridgehead atoms. The van der Waals surface area contributed by atoms with Crippen molar-refractivity contribution in [2.24, 2.45) is 0 Å². The molecule has 3 nitrogen and oxygen atoms in total. The minimum absolute atomic E-state index is 0.0827. The van der Waals surface area contributed by atoms with Crippen molar-refractivity contribution < 1.29 is 4.79 Å². The van der Waals surface area contributed by atoms with Gasteiger partial charge in [-0.2, -0.15) is 0 Å². The highest BCUT2D eigenvalue weighted by Gasteiger charge is 2.17. The summed E-state index contributed by atoms with van der Waals surface area (Å²) in [7, 11) is 0. The Kier molecular flexibility index (Phi) is 3.01. The van der Waals surface area contributed by atoms with Crippen LogP contribution in [0.4, 0.5) is 11.4 Å². The van der Waals surface area contributed by atoms with E-state index in [0.717, 1.165) is 28.3 Å². The number of carbonyl (C=O) groups is 1. The lowest BCUT2D eigenvalue weighted by molar-refractivity contribution is -0.116.